The molecule has 2 rings (SSSR count). The van der Waals surface area contributed by atoms with Crippen LogP contribution in [0.3, 0.4) is 0 Å². The van der Waals surface area contributed by atoms with Gasteiger partial charge in [-0.25, -0.2) is 0 Å². The van der Waals surface area contributed by atoms with Gasteiger partial charge in [0.2, 0.25) is 5.89 Å². The minimum Gasteiger partial charge on any atom is -0.481 e. The van der Waals surface area contributed by atoms with Gasteiger partial charge in [0.05, 0.1) is 6.54 Å². The Morgan fingerprint density at radius 2 is 2.25 bits per heavy atom. The van der Waals surface area contributed by atoms with Crippen molar-refractivity contribution in [3.05, 3.63) is 11.7 Å². The maximum atomic E-state index is 13.0. The molecule has 1 aliphatic rings. The molecule has 1 aromatic rings. The van der Waals surface area contributed by atoms with Crippen LogP contribution in [0.15, 0.2) is 4.52 Å². The number of aryl methyl sites for hydroxylation is 1. The van der Waals surface area contributed by atoms with E-state index in [1.807, 2.05) is 6.92 Å². The van der Waals surface area contributed by atoms with Gasteiger partial charge in [-0.15, -0.1) is 0 Å². The molecule has 112 valence electrons. The number of aliphatic carboxylic acids is 1. The topological polar surface area (TPSA) is 79.5 Å². The number of carboxylic acid groups (broad SMARTS) is 1. The molecule has 1 atom stereocenters. The van der Waals surface area contributed by atoms with Crippen LogP contribution in [0.25, 0.3) is 0 Å². The summed E-state index contributed by atoms with van der Waals surface area (Å²) in [5, 5.41) is 12.6. The van der Waals surface area contributed by atoms with E-state index in [9.17, 15) is 18.0 Å². The second kappa shape index (κ2) is 5.04. The number of carbonyl (C=O) groups is 1. The minimum atomic E-state index is -4.78. The first-order valence-corrected chi connectivity index (χ1v) is 6.12. The van der Waals surface area contributed by atoms with Crippen molar-refractivity contribution < 1.29 is 27.6 Å². The van der Waals surface area contributed by atoms with E-state index >= 15 is 0 Å². The average Bonchev–Trinajstić information content (AvgIpc) is 2.95. The number of carboxylic acids is 1. The summed E-state index contributed by atoms with van der Waals surface area (Å²) in [5.74, 6) is -1.17. The number of aromatic nitrogens is 2. The van der Waals surface area contributed by atoms with Crippen molar-refractivity contribution in [2.45, 2.75) is 32.5 Å². The molecular weight excluding hydrogens is 279 g/mol. The fraction of sp³-hybridized carbons (Fsp3) is 0.727. The van der Waals surface area contributed by atoms with Crippen LogP contribution in [0.1, 0.15) is 25.1 Å². The molecule has 1 aromatic heterocycles. The maximum absolute atomic E-state index is 13.0. The largest absolute Gasteiger partial charge is 0.481 e. The normalized spacial score (nSPS) is 24.2. The Hall–Kier alpha value is -1.64. The van der Waals surface area contributed by atoms with Crippen LogP contribution >= 0.6 is 0 Å². The second-order valence-corrected chi connectivity index (χ2v) is 4.80. The standard InChI is InChI=1S/C11H14F3N3O3/c1-2-7-15-8(20-16-7)5-17-4-3-10(6-17,9(18)19)11(12,13)14/h2-6H2,1H3,(H,18,19). The summed E-state index contributed by atoms with van der Waals surface area (Å²) >= 11 is 0. The zero-order valence-electron chi connectivity index (χ0n) is 10.8. The van der Waals surface area contributed by atoms with Crippen LogP contribution < -0.4 is 0 Å². The Kier molecular flexibility index (Phi) is 3.72. The van der Waals surface area contributed by atoms with Gasteiger partial charge in [-0.3, -0.25) is 9.69 Å². The minimum absolute atomic E-state index is 0.0235. The Morgan fingerprint density at radius 3 is 2.70 bits per heavy atom. The Morgan fingerprint density at radius 1 is 1.55 bits per heavy atom. The molecule has 0 aromatic carbocycles. The van der Waals surface area contributed by atoms with Crippen LogP contribution in [0.4, 0.5) is 13.2 Å². The first kappa shape index (κ1) is 14.8. The monoisotopic (exact) mass is 293 g/mol. The third-order valence-electron chi connectivity index (χ3n) is 3.49. The highest BCUT2D eigenvalue weighted by atomic mass is 19.4. The maximum Gasteiger partial charge on any atom is 0.406 e. The fourth-order valence-corrected chi connectivity index (χ4v) is 2.24. The molecule has 0 bridgehead atoms. The van der Waals surface area contributed by atoms with E-state index in [-0.39, 0.29) is 19.0 Å². The molecule has 6 nitrogen and oxygen atoms in total. The van der Waals surface area contributed by atoms with Crippen LogP contribution in [0, 0.1) is 5.41 Å². The van der Waals surface area contributed by atoms with E-state index in [1.165, 1.54) is 4.90 Å². The van der Waals surface area contributed by atoms with E-state index in [2.05, 4.69) is 10.1 Å². The van der Waals surface area contributed by atoms with E-state index in [0.29, 0.717) is 12.2 Å². The first-order chi connectivity index (χ1) is 9.28. The molecule has 0 saturated carbocycles. The number of likely N-dealkylation sites (tertiary alicyclic amines) is 1. The van der Waals surface area contributed by atoms with Crippen molar-refractivity contribution in [3.63, 3.8) is 0 Å². The molecular formula is C11H14F3N3O3. The molecule has 1 aliphatic heterocycles. The van der Waals surface area contributed by atoms with Gasteiger partial charge < -0.3 is 9.63 Å². The Bertz CT molecular complexity index is 503. The van der Waals surface area contributed by atoms with Crippen molar-refractivity contribution >= 4 is 5.97 Å². The highest BCUT2D eigenvalue weighted by molar-refractivity contribution is 5.76. The zero-order valence-corrected chi connectivity index (χ0v) is 10.8. The van der Waals surface area contributed by atoms with Crippen LogP contribution in [0.5, 0.6) is 0 Å². The van der Waals surface area contributed by atoms with Gasteiger partial charge in [0.1, 0.15) is 0 Å². The number of nitrogens with zero attached hydrogens (tertiary/aromatic N) is 3. The summed E-state index contributed by atoms with van der Waals surface area (Å²) in [6.07, 6.45) is -4.69. The summed E-state index contributed by atoms with van der Waals surface area (Å²) in [4.78, 5) is 16.4. The highest BCUT2D eigenvalue weighted by Crippen LogP contribution is 2.45. The Labute approximate surface area is 112 Å². The molecule has 1 unspecified atom stereocenters. The summed E-state index contributed by atoms with van der Waals surface area (Å²) in [5.41, 5.74) is -2.71. The van der Waals surface area contributed by atoms with Crippen molar-refractivity contribution in [3.8, 4) is 0 Å². The number of rotatable bonds is 4. The summed E-state index contributed by atoms with van der Waals surface area (Å²) in [7, 11) is 0. The average molecular weight is 293 g/mol. The van der Waals surface area contributed by atoms with E-state index in [0.717, 1.165) is 0 Å². The van der Waals surface area contributed by atoms with Crippen molar-refractivity contribution in [1.29, 1.82) is 0 Å². The van der Waals surface area contributed by atoms with Crippen LogP contribution in [-0.4, -0.2) is 45.4 Å². The smallest absolute Gasteiger partial charge is 0.406 e. The van der Waals surface area contributed by atoms with Gasteiger partial charge in [-0.2, -0.15) is 18.2 Å². The van der Waals surface area contributed by atoms with E-state index < -0.39 is 30.5 Å². The third-order valence-corrected chi connectivity index (χ3v) is 3.49. The lowest BCUT2D eigenvalue weighted by atomic mass is 9.86. The van der Waals surface area contributed by atoms with E-state index in [1.54, 1.807) is 0 Å². The van der Waals surface area contributed by atoms with Crippen molar-refractivity contribution in [1.82, 2.24) is 15.0 Å². The molecule has 0 aliphatic carbocycles. The van der Waals surface area contributed by atoms with Gasteiger partial charge in [0.25, 0.3) is 0 Å². The predicted octanol–water partition coefficient (Wildman–Crippen LogP) is 1.47. The SMILES string of the molecule is CCc1noc(CN2CCC(C(=O)O)(C(F)(F)F)C2)n1. The van der Waals surface area contributed by atoms with Gasteiger partial charge in [-0.05, 0) is 6.42 Å². The lowest BCUT2D eigenvalue weighted by Gasteiger charge is -2.27. The van der Waals surface area contributed by atoms with E-state index in [4.69, 9.17) is 9.63 Å². The molecule has 1 fully saturated rings. The Balaban J connectivity index is 2.09. The summed E-state index contributed by atoms with van der Waals surface area (Å²) in [6, 6.07) is 0. The number of alkyl halides is 3. The zero-order chi connectivity index (χ0) is 15.0. The molecule has 1 N–H and O–H groups in total. The predicted molar refractivity (Wildman–Crippen MR) is 59.7 cm³/mol. The van der Waals surface area contributed by atoms with Crippen molar-refractivity contribution in [2.24, 2.45) is 5.41 Å². The number of hydrogen-bond acceptors (Lipinski definition) is 5. The number of halogens is 3. The van der Waals surface area contributed by atoms with Gasteiger partial charge in [0, 0.05) is 19.5 Å². The molecule has 2 heterocycles. The van der Waals surface area contributed by atoms with Crippen LogP contribution in [-0.2, 0) is 17.8 Å². The molecule has 0 radical (unpaired) electrons. The molecule has 1 saturated heterocycles. The molecule has 20 heavy (non-hydrogen) atoms. The van der Waals surface area contributed by atoms with Gasteiger partial charge in [-0.1, -0.05) is 12.1 Å². The lowest BCUT2D eigenvalue weighted by molar-refractivity contribution is -0.227. The fourth-order valence-electron chi connectivity index (χ4n) is 2.24. The summed E-state index contributed by atoms with van der Waals surface area (Å²) in [6.45, 7) is 1.27. The number of hydrogen-bond donors (Lipinski definition) is 1. The summed E-state index contributed by atoms with van der Waals surface area (Å²) < 4.78 is 43.8. The van der Waals surface area contributed by atoms with Gasteiger partial charge >= 0.3 is 12.1 Å². The molecule has 0 amide bonds. The van der Waals surface area contributed by atoms with Crippen molar-refractivity contribution in [2.75, 3.05) is 13.1 Å². The second-order valence-electron chi connectivity index (χ2n) is 4.80. The molecule has 9 heteroatoms. The quantitative estimate of drug-likeness (QED) is 0.905. The first-order valence-electron chi connectivity index (χ1n) is 6.12. The van der Waals surface area contributed by atoms with Gasteiger partial charge in [0.15, 0.2) is 11.2 Å². The molecule has 0 spiro atoms. The third kappa shape index (κ3) is 2.49. The van der Waals surface area contributed by atoms with Crippen LogP contribution in [0.2, 0.25) is 0 Å². The lowest BCUT2D eigenvalue weighted by Crippen LogP contribution is -2.47. The highest BCUT2D eigenvalue weighted by Gasteiger charge is 2.63.